The number of hydrogen-bond donors (Lipinski definition) is 2. The van der Waals surface area contributed by atoms with Crippen LogP contribution >= 0.6 is 0 Å². The number of likely N-dealkylation sites (tertiary alicyclic amines) is 1. The third-order valence-corrected chi connectivity index (χ3v) is 5.42. The minimum atomic E-state index is -0.107. The fourth-order valence-corrected chi connectivity index (χ4v) is 3.56. The second-order valence-corrected chi connectivity index (χ2v) is 8.50. The predicted octanol–water partition coefficient (Wildman–Crippen LogP) is 4.07. The van der Waals surface area contributed by atoms with E-state index >= 15 is 0 Å². The third-order valence-electron chi connectivity index (χ3n) is 5.42. The fraction of sp³-hybridized carbons (Fsp3) is 0.440. The molecule has 2 aromatic carbocycles. The molecule has 1 heterocycles. The molecule has 1 aliphatic heterocycles. The Morgan fingerprint density at radius 2 is 1.81 bits per heavy atom. The standard InChI is InChI=1S/C25H33N3O3/c1-18(2)31-23-9-7-20(8-10-23)16-27-24(29)17-26-22-6-4-5-21(15-22)25(30)28-13-11-19(3)12-14-28/h4-10,15,18-19,26H,11-14,16-17H2,1-3H3,(H,27,29). The smallest absolute Gasteiger partial charge is 0.253 e. The number of anilines is 1. The van der Waals surface area contributed by atoms with E-state index < -0.39 is 0 Å². The average Bonchev–Trinajstić information content (AvgIpc) is 2.77. The van der Waals surface area contributed by atoms with E-state index in [4.69, 9.17) is 4.74 Å². The Hall–Kier alpha value is -3.02. The first-order valence-corrected chi connectivity index (χ1v) is 11.1. The molecule has 0 spiro atoms. The van der Waals surface area contributed by atoms with Crippen molar-refractivity contribution in [1.29, 1.82) is 0 Å². The van der Waals surface area contributed by atoms with Crippen LogP contribution in [0.25, 0.3) is 0 Å². The van der Waals surface area contributed by atoms with E-state index in [-0.39, 0.29) is 24.5 Å². The van der Waals surface area contributed by atoms with Crippen LogP contribution in [0.15, 0.2) is 48.5 Å². The number of nitrogens with one attached hydrogen (secondary N) is 2. The molecule has 0 unspecified atom stereocenters. The molecule has 6 nitrogen and oxygen atoms in total. The largest absolute Gasteiger partial charge is 0.491 e. The molecule has 1 aliphatic rings. The van der Waals surface area contributed by atoms with E-state index in [1.165, 1.54) is 0 Å². The van der Waals surface area contributed by atoms with E-state index in [9.17, 15) is 9.59 Å². The molecule has 1 fully saturated rings. The number of carbonyl (C=O) groups is 2. The van der Waals surface area contributed by atoms with Gasteiger partial charge in [0.2, 0.25) is 5.91 Å². The summed E-state index contributed by atoms with van der Waals surface area (Å²) in [6.07, 6.45) is 2.24. The molecule has 2 amide bonds. The minimum absolute atomic E-state index is 0.0601. The average molecular weight is 424 g/mol. The summed E-state index contributed by atoms with van der Waals surface area (Å²) in [6, 6.07) is 15.1. The molecule has 31 heavy (non-hydrogen) atoms. The van der Waals surface area contributed by atoms with Crippen molar-refractivity contribution in [2.45, 2.75) is 46.3 Å². The predicted molar refractivity (Wildman–Crippen MR) is 123 cm³/mol. The van der Waals surface area contributed by atoms with Crippen LogP contribution in [0.3, 0.4) is 0 Å². The summed E-state index contributed by atoms with van der Waals surface area (Å²) >= 11 is 0. The van der Waals surface area contributed by atoms with Crippen molar-refractivity contribution in [3.05, 3.63) is 59.7 Å². The van der Waals surface area contributed by atoms with Crippen molar-refractivity contribution in [3.8, 4) is 5.75 Å². The van der Waals surface area contributed by atoms with Gasteiger partial charge in [0.1, 0.15) is 5.75 Å². The summed E-state index contributed by atoms with van der Waals surface area (Å²) in [6.45, 7) is 8.42. The van der Waals surface area contributed by atoms with Crippen LogP contribution in [0.4, 0.5) is 5.69 Å². The number of ether oxygens (including phenoxy) is 1. The van der Waals surface area contributed by atoms with Crippen LogP contribution in [0, 0.1) is 5.92 Å². The molecule has 0 atom stereocenters. The normalized spacial score (nSPS) is 14.4. The Kier molecular flexibility index (Phi) is 7.93. The van der Waals surface area contributed by atoms with Gasteiger partial charge >= 0.3 is 0 Å². The Labute approximate surface area is 185 Å². The van der Waals surface area contributed by atoms with Gasteiger partial charge in [0.25, 0.3) is 5.91 Å². The number of carbonyl (C=O) groups excluding carboxylic acids is 2. The van der Waals surface area contributed by atoms with Crippen molar-refractivity contribution in [2.75, 3.05) is 25.0 Å². The van der Waals surface area contributed by atoms with Crippen LogP contribution in [-0.2, 0) is 11.3 Å². The van der Waals surface area contributed by atoms with Gasteiger partial charge in [0.15, 0.2) is 0 Å². The van der Waals surface area contributed by atoms with E-state index in [1.807, 2.05) is 67.3 Å². The van der Waals surface area contributed by atoms with Gasteiger partial charge in [-0.3, -0.25) is 9.59 Å². The van der Waals surface area contributed by atoms with E-state index in [0.717, 1.165) is 42.9 Å². The lowest BCUT2D eigenvalue weighted by molar-refractivity contribution is -0.119. The van der Waals surface area contributed by atoms with Crippen LogP contribution in [0.5, 0.6) is 5.75 Å². The first kappa shape index (κ1) is 22.7. The van der Waals surface area contributed by atoms with Gasteiger partial charge in [0, 0.05) is 30.9 Å². The molecule has 166 valence electrons. The molecule has 2 aromatic rings. The van der Waals surface area contributed by atoms with Gasteiger partial charge in [-0.25, -0.2) is 0 Å². The van der Waals surface area contributed by atoms with Gasteiger partial charge in [-0.1, -0.05) is 25.1 Å². The van der Waals surface area contributed by atoms with Crippen molar-refractivity contribution < 1.29 is 14.3 Å². The maximum Gasteiger partial charge on any atom is 0.253 e. The quantitative estimate of drug-likeness (QED) is 0.671. The third kappa shape index (κ3) is 7.02. The number of amides is 2. The molecule has 0 aromatic heterocycles. The van der Waals surface area contributed by atoms with Gasteiger partial charge in [-0.15, -0.1) is 0 Å². The molecule has 6 heteroatoms. The highest BCUT2D eigenvalue weighted by Gasteiger charge is 2.21. The van der Waals surface area contributed by atoms with Crippen molar-refractivity contribution in [2.24, 2.45) is 5.92 Å². The van der Waals surface area contributed by atoms with Crippen molar-refractivity contribution in [1.82, 2.24) is 10.2 Å². The number of nitrogens with zero attached hydrogens (tertiary/aromatic N) is 1. The Bertz CT molecular complexity index is 872. The highest BCUT2D eigenvalue weighted by atomic mass is 16.5. The van der Waals surface area contributed by atoms with Gasteiger partial charge in [-0.05, 0) is 68.5 Å². The highest BCUT2D eigenvalue weighted by molar-refractivity contribution is 5.95. The lowest BCUT2D eigenvalue weighted by Gasteiger charge is -2.30. The second kappa shape index (κ2) is 10.8. The second-order valence-electron chi connectivity index (χ2n) is 8.50. The molecular formula is C25H33N3O3. The topological polar surface area (TPSA) is 70.7 Å². The number of rotatable bonds is 8. The molecule has 0 radical (unpaired) electrons. The summed E-state index contributed by atoms with van der Waals surface area (Å²) in [7, 11) is 0. The summed E-state index contributed by atoms with van der Waals surface area (Å²) in [4.78, 5) is 26.9. The van der Waals surface area contributed by atoms with Crippen LogP contribution in [0.2, 0.25) is 0 Å². The molecule has 1 saturated heterocycles. The zero-order valence-corrected chi connectivity index (χ0v) is 18.7. The van der Waals surface area contributed by atoms with Crippen LogP contribution in [-0.4, -0.2) is 42.5 Å². The van der Waals surface area contributed by atoms with Crippen molar-refractivity contribution in [3.63, 3.8) is 0 Å². The molecule has 0 bridgehead atoms. The molecular weight excluding hydrogens is 390 g/mol. The summed E-state index contributed by atoms with van der Waals surface area (Å²) in [5.41, 5.74) is 2.43. The monoisotopic (exact) mass is 423 g/mol. The Morgan fingerprint density at radius 3 is 2.48 bits per heavy atom. The van der Waals surface area contributed by atoms with Gasteiger partial charge in [0.05, 0.1) is 12.6 Å². The van der Waals surface area contributed by atoms with Crippen LogP contribution in [0.1, 0.15) is 49.5 Å². The maximum atomic E-state index is 12.7. The maximum absolute atomic E-state index is 12.7. The lowest BCUT2D eigenvalue weighted by atomic mass is 9.98. The number of hydrogen-bond acceptors (Lipinski definition) is 4. The van der Waals surface area contributed by atoms with Crippen LogP contribution < -0.4 is 15.4 Å². The van der Waals surface area contributed by atoms with E-state index in [2.05, 4.69) is 17.6 Å². The zero-order valence-electron chi connectivity index (χ0n) is 18.7. The first-order valence-electron chi connectivity index (χ1n) is 11.1. The van der Waals surface area contributed by atoms with E-state index in [1.54, 1.807) is 0 Å². The van der Waals surface area contributed by atoms with Gasteiger partial charge < -0.3 is 20.3 Å². The lowest BCUT2D eigenvalue weighted by Crippen LogP contribution is -2.37. The SMILES string of the molecule is CC1CCN(C(=O)c2cccc(NCC(=O)NCc3ccc(OC(C)C)cc3)c2)CC1. The fourth-order valence-electron chi connectivity index (χ4n) is 3.56. The Morgan fingerprint density at radius 1 is 1.10 bits per heavy atom. The molecule has 2 N–H and O–H groups in total. The summed E-state index contributed by atoms with van der Waals surface area (Å²) < 4.78 is 5.63. The zero-order chi connectivity index (χ0) is 22.2. The van der Waals surface area contributed by atoms with Crippen molar-refractivity contribution >= 4 is 17.5 Å². The molecule has 0 aliphatic carbocycles. The number of benzene rings is 2. The first-order chi connectivity index (χ1) is 14.9. The summed E-state index contributed by atoms with van der Waals surface area (Å²) in [5.74, 6) is 1.45. The van der Waals surface area contributed by atoms with Gasteiger partial charge in [-0.2, -0.15) is 0 Å². The van der Waals surface area contributed by atoms with E-state index in [0.29, 0.717) is 18.0 Å². The Balaban J connectivity index is 1.46. The minimum Gasteiger partial charge on any atom is -0.491 e. The number of piperidine rings is 1. The summed E-state index contributed by atoms with van der Waals surface area (Å²) in [5, 5.41) is 6.02. The molecule has 0 saturated carbocycles. The molecule has 3 rings (SSSR count). The highest BCUT2D eigenvalue weighted by Crippen LogP contribution is 2.19.